The molecule has 0 radical (unpaired) electrons. The van der Waals surface area contributed by atoms with Crippen molar-refractivity contribution < 1.29 is 4.74 Å². The zero-order chi connectivity index (χ0) is 12.7. The standard InChI is InChI=1S/C11H25N5O.HI/c1-15-5-6-16(2)10(9-15)8-14-11(12)13-4-7-17-3;/h10H,4-9H2,1-3H3,(H3,12,13,14);1H. The van der Waals surface area contributed by atoms with Crippen LogP contribution in [0.2, 0.25) is 0 Å². The topological polar surface area (TPSA) is 66.1 Å². The summed E-state index contributed by atoms with van der Waals surface area (Å²) < 4.78 is 4.93. The smallest absolute Gasteiger partial charge is 0.188 e. The van der Waals surface area contributed by atoms with Gasteiger partial charge in [-0.25, -0.2) is 0 Å². The molecule has 7 heteroatoms. The van der Waals surface area contributed by atoms with E-state index in [4.69, 9.17) is 10.5 Å². The van der Waals surface area contributed by atoms with Gasteiger partial charge < -0.3 is 20.7 Å². The molecule has 1 unspecified atom stereocenters. The number of guanidine groups is 1. The Bertz CT molecular complexity index is 252. The van der Waals surface area contributed by atoms with Crippen LogP contribution in [0.4, 0.5) is 0 Å². The molecule has 0 spiro atoms. The number of hydrogen-bond acceptors (Lipinski definition) is 4. The molecule has 0 saturated carbocycles. The molecule has 1 saturated heterocycles. The Hall–Kier alpha value is -0.120. The second-order valence-electron chi connectivity index (χ2n) is 4.54. The Labute approximate surface area is 127 Å². The average molecular weight is 371 g/mol. The van der Waals surface area contributed by atoms with Crippen molar-refractivity contribution in [3.63, 3.8) is 0 Å². The van der Waals surface area contributed by atoms with Gasteiger partial charge in [0, 0.05) is 39.3 Å². The molecule has 18 heavy (non-hydrogen) atoms. The van der Waals surface area contributed by atoms with Crippen LogP contribution in [0.25, 0.3) is 0 Å². The molecule has 0 aromatic carbocycles. The van der Waals surface area contributed by atoms with E-state index in [9.17, 15) is 0 Å². The van der Waals surface area contributed by atoms with Crippen LogP contribution in [0.3, 0.4) is 0 Å². The fraction of sp³-hybridized carbons (Fsp3) is 0.909. The minimum atomic E-state index is 0. The van der Waals surface area contributed by atoms with Gasteiger partial charge in [0.1, 0.15) is 0 Å². The van der Waals surface area contributed by atoms with E-state index in [1.807, 2.05) is 0 Å². The Kier molecular flexibility index (Phi) is 9.70. The number of rotatable bonds is 5. The van der Waals surface area contributed by atoms with E-state index in [1.54, 1.807) is 7.11 Å². The molecule has 1 atom stereocenters. The summed E-state index contributed by atoms with van der Waals surface area (Å²) in [6.45, 7) is 5.35. The Morgan fingerprint density at radius 3 is 2.83 bits per heavy atom. The first-order valence-electron chi connectivity index (χ1n) is 6.05. The van der Waals surface area contributed by atoms with Gasteiger partial charge in [0.15, 0.2) is 5.96 Å². The number of likely N-dealkylation sites (N-methyl/N-ethyl adjacent to an activating group) is 2. The highest BCUT2D eigenvalue weighted by atomic mass is 127. The van der Waals surface area contributed by atoms with Gasteiger partial charge in [0.05, 0.1) is 13.2 Å². The predicted molar refractivity (Wildman–Crippen MR) is 85.7 cm³/mol. The van der Waals surface area contributed by atoms with Crippen molar-refractivity contribution in [1.29, 1.82) is 0 Å². The van der Waals surface area contributed by atoms with Gasteiger partial charge in [-0.15, -0.1) is 24.0 Å². The van der Waals surface area contributed by atoms with Gasteiger partial charge in [-0.2, -0.15) is 0 Å². The number of nitrogens with one attached hydrogen (secondary N) is 1. The Balaban J connectivity index is 0.00000289. The third kappa shape index (κ3) is 6.72. The molecule has 0 aromatic heterocycles. The van der Waals surface area contributed by atoms with Crippen molar-refractivity contribution in [3.8, 4) is 0 Å². The monoisotopic (exact) mass is 371 g/mol. The quantitative estimate of drug-likeness (QED) is 0.293. The van der Waals surface area contributed by atoms with Gasteiger partial charge in [-0.1, -0.05) is 0 Å². The van der Waals surface area contributed by atoms with E-state index in [-0.39, 0.29) is 24.0 Å². The Morgan fingerprint density at radius 2 is 2.17 bits per heavy atom. The highest BCUT2D eigenvalue weighted by Gasteiger charge is 2.21. The van der Waals surface area contributed by atoms with Crippen LogP contribution >= 0.6 is 24.0 Å². The summed E-state index contributed by atoms with van der Waals surface area (Å²) in [6.07, 6.45) is 0. The summed E-state index contributed by atoms with van der Waals surface area (Å²) >= 11 is 0. The molecule has 1 rings (SSSR count). The van der Waals surface area contributed by atoms with E-state index in [0.29, 0.717) is 25.2 Å². The summed E-state index contributed by atoms with van der Waals surface area (Å²) in [7, 11) is 5.95. The first-order valence-corrected chi connectivity index (χ1v) is 6.05. The van der Waals surface area contributed by atoms with Crippen molar-refractivity contribution in [2.24, 2.45) is 10.7 Å². The van der Waals surface area contributed by atoms with Crippen molar-refractivity contribution in [2.75, 3.05) is 60.5 Å². The second-order valence-corrected chi connectivity index (χ2v) is 4.54. The van der Waals surface area contributed by atoms with Crippen LogP contribution in [-0.4, -0.2) is 82.3 Å². The van der Waals surface area contributed by atoms with Crippen molar-refractivity contribution in [2.45, 2.75) is 6.04 Å². The molecule has 1 aliphatic heterocycles. The molecule has 108 valence electrons. The average Bonchev–Trinajstić information content (AvgIpc) is 2.31. The van der Waals surface area contributed by atoms with E-state index < -0.39 is 0 Å². The number of aliphatic imine (C=N–C) groups is 1. The van der Waals surface area contributed by atoms with Crippen molar-refractivity contribution in [1.82, 2.24) is 15.1 Å². The van der Waals surface area contributed by atoms with E-state index >= 15 is 0 Å². The zero-order valence-corrected chi connectivity index (χ0v) is 13.9. The van der Waals surface area contributed by atoms with Gasteiger partial charge in [0.25, 0.3) is 0 Å². The SMILES string of the molecule is COCCNC(N)=NCC1CN(C)CCN1C.I. The number of ether oxygens (including phenoxy) is 1. The summed E-state index contributed by atoms with van der Waals surface area (Å²) in [4.78, 5) is 9.03. The minimum Gasteiger partial charge on any atom is -0.383 e. The number of nitrogens with zero attached hydrogens (tertiary/aromatic N) is 3. The number of halogens is 1. The lowest BCUT2D eigenvalue weighted by molar-refractivity contribution is 0.119. The highest BCUT2D eigenvalue weighted by Crippen LogP contribution is 2.05. The summed E-state index contributed by atoms with van der Waals surface area (Å²) in [5, 5.41) is 3.02. The maximum absolute atomic E-state index is 5.76. The van der Waals surface area contributed by atoms with E-state index in [2.05, 4.69) is 34.2 Å². The molecule has 1 aliphatic rings. The normalized spacial score (nSPS) is 22.6. The molecule has 0 amide bonds. The number of nitrogens with two attached hydrogens (primary N) is 1. The number of piperazine rings is 1. The molecular weight excluding hydrogens is 345 g/mol. The summed E-state index contributed by atoms with van der Waals surface area (Å²) in [6, 6.07) is 0.455. The lowest BCUT2D eigenvalue weighted by atomic mass is 10.2. The third-order valence-electron chi connectivity index (χ3n) is 3.06. The molecule has 0 aromatic rings. The fourth-order valence-corrected chi connectivity index (χ4v) is 1.84. The maximum atomic E-state index is 5.76. The van der Waals surface area contributed by atoms with Crippen LogP contribution in [0.1, 0.15) is 0 Å². The molecule has 1 heterocycles. The largest absolute Gasteiger partial charge is 0.383 e. The molecular formula is C11H26IN5O. The highest BCUT2D eigenvalue weighted by molar-refractivity contribution is 14.0. The van der Waals surface area contributed by atoms with Gasteiger partial charge in [-0.05, 0) is 14.1 Å². The van der Waals surface area contributed by atoms with Gasteiger partial charge >= 0.3 is 0 Å². The predicted octanol–water partition coefficient (Wildman–Crippen LogP) is -0.599. The maximum Gasteiger partial charge on any atom is 0.188 e. The molecule has 1 fully saturated rings. The van der Waals surface area contributed by atoms with Gasteiger partial charge in [0.2, 0.25) is 0 Å². The van der Waals surface area contributed by atoms with E-state index in [0.717, 1.165) is 26.2 Å². The van der Waals surface area contributed by atoms with Crippen LogP contribution in [-0.2, 0) is 4.74 Å². The minimum absolute atomic E-state index is 0. The molecule has 3 N–H and O–H groups in total. The summed E-state index contributed by atoms with van der Waals surface area (Å²) in [5.74, 6) is 0.503. The lowest BCUT2D eigenvalue weighted by Crippen LogP contribution is -2.51. The second kappa shape index (κ2) is 9.76. The van der Waals surface area contributed by atoms with Crippen LogP contribution in [0, 0.1) is 0 Å². The van der Waals surface area contributed by atoms with Crippen molar-refractivity contribution in [3.05, 3.63) is 0 Å². The molecule has 6 nitrogen and oxygen atoms in total. The molecule has 0 bridgehead atoms. The fourth-order valence-electron chi connectivity index (χ4n) is 1.84. The zero-order valence-electron chi connectivity index (χ0n) is 11.6. The third-order valence-corrected chi connectivity index (χ3v) is 3.06. The van der Waals surface area contributed by atoms with Crippen LogP contribution < -0.4 is 11.1 Å². The number of methoxy groups -OCH3 is 1. The van der Waals surface area contributed by atoms with E-state index in [1.165, 1.54) is 0 Å². The van der Waals surface area contributed by atoms with Gasteiger partial charge in [-0.3, -0.25) is 9.89 Å². The Morgan fingerprint density at radius 1 is 1.44 bits per heavy atom. The number of hydrogen-bond donors (Lipinski definition) is 2. The van der Waals surface area contributed by atoms with Crippen molar-refractivity contribution >= 4 is 29.9 Å². The van der Waals surface area contributed by atoms with Crippen LogP contribution in [0.15, 0.2) is 4.99 Å². The lowest BCUT2D eigenvalue weighted by Gasteiger charge is -2.36. The molecule has 0 aliphatic carbocycles. The summed E-state index contributed by atoms with van der Waals surface area (Å²) in [5.41, 5.74) is 5.76. The van der Waals surface area contributed by atoms with Crippen LogP contribution in [0.5, 0.6) is 0 Å². The first kappa shape index (κ1) is 17.9. The first-order chi connectivity index (χ1) is 8.13.